The molecule has 5 nitrogen and oxygen atoms in total. The van der Waals surface area contributed by atoms with E-state index in [2.05, 4.69) is 51.7 Å². The molecule has 1 saturated heterocycles. The predicted molar refractivity (Wildman–Crippen MR) is 171 cm³/mol. The van der Waals surface area contributed by atoms with E-state index in [1.54, 1.807) is 5.57 Å². The summed E-state index contributed by atoms with van der Waals surface area (Å²) in [6, 6.07) is 21.8. The Morgan fingerprint density at radius 1 is 0.976 bits per heavy atom. The number of hydrogen-bond acceptors (Lipinski definition) is 5. The highest BCUT2D eigenvalue weighted by Gasteiger charge is 2.29. The minimum Gasteiger partial charge on any atom is -0.462 e. The molecule has 0 N–H and O–H groups in total. The summed E-state index contributed by atoms with van der Waals surface area (Å²) < 4.78 is 12.4. The maximum absolute atomic E-state index is 12.7. The van der Waals surface area contributed by atoms with E-state index in [9.17, 15) is 4.79 Å². The van der Waals surface area contributed by atoms with E-state index in [0.717, 1.165) is 60.7 Å². The minimum absolute atomic E-state index is 0.308. The van der Waals surface area contributed by atoms with Crippen molar-refractivity contribution in [3.63, 3.8) is 0 Å². The molecule has 3 aromatic rings. The topological polar surface area (TPSA) is 42.0 Å². The van der Waals surface area contributed by atoms with Gasteiger partial charge in [0.05, 0.1) is 11.1 Å². The molecule has 0 aromatic heterocycles. The number of esters is 1. The summed E-state index contributed by atoms with van der Waals surface area (Å²) in [7, 11) is 0. The van der Waals surface area contributed by atoms with Crippen LogP contribution in [-0.4, -0.2) is 50.2 Å². The summed E-state index contributed by atoms with van der Waals surface area (Å²) in [6.45, 7) is 11.6. The fraction of sp³-hybridized carbons (Fsp3) is 0.382. The Morgan fingerprint density at radius 2 is 1.71 bits per heavy atom. The van der Waals surface area contributed by atoms with E-state index >= 15 is 0 Å². The summed E-state index contributed by atoms with van der Waals surface area (Å²) in [4.78, 5) is 17.6. The Labute approximate surface area is 257 Å². The van der Waals surface area contributed by atoms with Gasteiger partial charge < -0.3 is 14.4 Å². The van der Waals surface area contributed by atoms with Gasteiger partial charge in [0.2, 0.25) is 0 Å². The van der Waals surface area contributed by atoms with Gasteiger partial charge in [0.15, 0.2) is 0 Å². The maximum Gasteiger partial charge on any atom is 0.341 e. The van der Waals surface area contributed by atoms with Gasteiger partial charge in [0, 0.05) is 49.5 Å². The molecule has 0 atom stereocenters. The first kappa shape index (κ1) is 29.7. The van der Waals surface area contributed by atoms with Crippen molar-refractivity contribution < 1.29 is 14.3 Å². The third-order valence-corrected chi connectivity index (χ3v) is 8.95. The van der Waals surface area contributed by atoms with E-state index in [-0.39, 0.29) is 5.97 Å². The zero-order valence-corrected chi connectivity index (χ0v) is 26.4. The van der Waals surface area contributed by atoms with Gasteiger partial charge >= 0.3 is 5.97 Å². The molecule has 0 radical (unpaired) electrons. The molecular formula is C34H38BrClN2O3. The summed E-state index contributed by atoms with van der Waals surface area (Å²) in [6.07, 6.45) is 3.44. The number of nitrogens with zero attached hydrogens (tertiary/aromatic N) is 2. The van der Waals surface area contributed by atoms with E-state index in [4.69, 9.17) is 21.1 Å². The van der Waals surface area contributed by atoms with Crippen LogP contribution in [0, 0.1) is 5.41 Å². The highest BCUT2D eigenvalue weighted by Crippen LogP contribution is 2.43. The standard InChI is InChI=1S/C34H38BrClN2O3/c1-4-40-33(39)28-14-13-27(21-32(28)41-31-8-6-5-7-30(31)35)38-19-17-37(18-20-38)23-25-15-16-34(2,3)22-29(25)24-9-11-26(36)12-10-24/h5-14,21H,4,15-20,22-23H2,1-3H3. The van der Waals surface area contributed by atoms with Gasteiger partial charge in [-0.1, -0.05) is 55.3 Å². The number of allylic oxidation sites excluding steroid dienone is 1. The first-order valence-electron chi connectivity index (χ1n) is 14.4. The summed E-state index contributed by atoms with van der Waals surface area (Å²) in [5.41, 5.74) is 6.12. The van der Waals surface area contributed by atoms with Crippen molar-refractivity contribution in [1.82, 2.24) is 4.90 Å². The van der Waals surface area contributed by atoms with Crippen LogP contribution in [-0.2, 0) is 4.74 Å². The van der Waals surface area contributed by atoms with E-state index < -0.39 is 0 Å². The molecule has 5 rings (SSSR count). The Balaban J connectivity index is 1.31. The van der Waals surface area contributed by atoms with Crippen LogP contribution in [0.25, 0.3) is 5.57 Å². The van der Waals surface area contributed by atoms with Gasteiger partial charge in [-0.2, -0.15) is 0 Å². The van der Waals surface area contributed by atoms with Gasteiger partial charge in [-0.3, -0.25) is 4.90 Å². The lowest BCUT2D eigenvalue weighted by Crippen LogP contribution is -2.47. The fourth-order valence-corrected chi connectivity index (χ4v) is 6.21. The van der Waals surface area contributed by atoms with Crippen LogP contribution in [0.3, 0.4) is 0 Å². The Kier molecular flexibility index (Phi) is 9.42. The van der Waals surface area contributed by atoms with Crippen LogP contribution in [0.5, 0.6) is 11.5 Å². The smallest absolute Gasteiger partial charge is 0.341 e. The molecule has 0 amide bonds. The second-order valence-corrected chi connectivity index (χ2v) is 12.9. The number of anilines is 1. The molecule has 1 fully saturated rings. The number of carbonyl (C=O) groups excluding carboxylic acids is 1. The van der Waals surface area contributed by atoms with Gasteiger partial charge in [0.25, 0.3) is 0 Å². The monoisotopic (exact) mass is 636 g/mol. The van der Waals surface area contributed by atoms with Gasteiger partial charge in [0.1, 0.15) is 17.1 Å². The van der Waals surface area contributed by atoms with Gasteiger partial charge in [-0.05, 0) is 95.1 Å². The molecule has 216 valence electrons. The average Bonchev–Trinajstić information content (AvgIpc) is 2.96. The first-order valence-corrected chi connectivity index (χ1v) is 15.6. The number of ether oxygens (including phenoxy) is 2. The normalized spacial score (nSPS) is 17.4. The number of rotatable bonds is 8. The lowest BCUT2D eigenvalue weighted by Gasteiger charge is -2.39. The molecule has 0 bridgehead atoms. The fourth-order valence-electron chi connectivity index (χ4n) is 5.71. The number of halogens is 2. The molecule has 0 spiro atoms. The van der Waals surface area contributed by atoms with E-state index in [1.807, 2.05) is 61.5 Å². The quantitative estimate of drug-likeness (QED) is 0.231. The van der Waals surface area contributed by atoms with Crippen LogP contribution in [0.1, 0.15) is 56.0 Å². The van der Waals surface area contributed by atoms with Crippen molar-refractivity contribution in [2.24, 2.45) is 5.41 Å². The van der Waals surface area contributed by atoms with Crippen molar-refractivity contribution in [3.05, 3.63) is 92.9 Å². The molecule has 1 aliphatic heterocycles. The predicted octanol–water partition coefficient (Wildman–Crippen LogP) is 8.86. The molecule has 0 unspecified atom stereocenters. The molecule has 0 saturated carbocycles. The van der Waals surface area contributed by atoms with E-state index in [0.29, 0.717) is 29.1 Å². The summed E-state index contributed by atoms with van der Waals surface area (Å²) in [5, 5.41) is 0.780. The maximum atomic E-state index is 12.7. The number of benzene rings is 3. The molecule has 41 heavy (non-hydrogen) atoms. The zero-order chi connectivity index (χ0) is 29.0. The van der Waals surface area contributed by atoms with Crippen molar-refractivity contribution in [2.75, 3.05) is 44.2 Å². The summed E-state index contributed by atoms with van der Waals surface area (Å²) >= 11 is 9.75. The second kappa shape index (κ2) is 13.0. The van der Waals surface area contributed by atoms with Crippen molar-refractivity contribution in [3.8, 4) is 11.5 Å². The number of hydrogen-bond donors (Lipinski definition) is 0. The third-order valence-electron chi connectivity index (χ3n) is 8.05. The highest BCUT2D eigenvalue weighted by molar-refractivity contribution is 9.10. The minimum atomic E-state index is -0.383. The van der Waals surface area contributed by atoms with Crippen molar-refractivity contribution in [2.45, 2.75) is 40.0 Å². The first-order chi connectivity index (χ1) is 19.7. The van der Waals surface area contributed by atoms with Crippen LogP contribution in [0.4, 0.5) is 5.69 Å². The largest absolute Gasteiger partial charge is 0.462 e. The van der Waals surface area contributed by atoms with Crippen molar-refractivity contribution >= 4 is 44.8 Å². The average molecular weight is 638 g/mol. The summed E-state index contributed by atoms with van der Waals surface area (Å²) in [5.74, 6) is 0.768. The molecule has 3 aromatic carbocycles. The third kappa shape index (κ3) is 7.35. The van der Waals surface area contributed by atoms with Crippen LogP contribution < -0.4 is 9.64 Å². The van der Waals surface area contributed by atoms with Crippen LogP contribution >= 0.6 is 27.5 Å². The van der Waals surface area contributed by atoms with Gasteiger partial charge in [-0.15, -0.1) is 0 Å². The van der Waals surface area contributed by atoms with Crippen molar-refractivity contribution in [1.29, 1.82) is 0 Å². The van der Waals surface area contributed by atoms with Crippen LogP contribution in [0.2, 0.25) is 5.02 Å². The SMILES string of the molecule is CCOC(=O)c1ccc(N2CCN(CC3=C(c4ccc(Cl)cc4)CC(C)(C)CC3)CC2)cc1Oc1ccccc1Br. The second-order valence-electron chi connectivity index (χ2n) is 11.6. The lowest BCUT2D eigenvalue weighted by molar-refractivity contribution is 0.0523. The Hall–Kier alpha value is -2.80. The Bertz CT molecular complexity index is 1410. The molecule has 7 heteroatoms. The van der Waals surface area contributed by atoms with Gasteiger partial charge in [-0.25, -0.2) is 4.79 Å². The van der Waals surface area contributed by atoms with E-state index in [1.165, 1.54) is 17.6 Å². The molecule has 2 aliphatic rings. The lowest BCUT2D eigenvalue weighted by atomic mass is 9.72. The molecule has 1 aliphatic carbocycles. The molecule has 1 heterocycles. The Morgan fingerprint density at radius 3 is 2.41 bits per heavy atom. The molecular weight excluding hydrogens is 600 g/mol. The number of piperazine rings is 1. The highest BCUT2D eigenvalue weighted by atomic mass is 79.9. The van der Waals surface area contributed by atoms with Crippen LogP contribution in [0.15, 0.2) is 76.8 Å². The number of para-hydroxylation sites is 1. The number of carbonyl (C=O) groups is 1. The zero-order valence-electron chi connectivity index (χ0n) is 24.1.